The Morgan fingerprint density at radius 3 is 2.85 bits per heavy atom. The number of benzene rings is 1. The third-order valence-corrected chi connectivity index (χ3v) is 4.39. The molecule has 1 heterocycles. The van der Waals surface area contributed by atoms with Crippen LogP contribution >= 0.6 is 0 Å². The average molecular weight is 278 g/mol. The quantitative estimate of drug-likeness (QED) is 0.911. The van der Waals surface area contributed by atoms with E-state index in [2.05, 4.69) is 11.8 Å². The molecular weight excluding hydrogens is 251 g/mol. The Kier molecular flexibility index (Phi) is 5.55. The minimum absolute atomic E-state index is 0.0814. The summed E-state index contributed by atoms with van der Waals surface area (Å²) in [5.41, 5.74) is 7.96. The molecule has 0 aromatic heterocycles. The van der Waals surface area contributed by atoms with Gasteiger partial charge < -0.3 is 5.73 Å². The van der Waals surface area contributed by atoms with E-state index < -0.39 is 0 Å². The zero-order chi connectivity index (χ0) is 14.5. The highest BCUT2D eigenvalue weighted by molar-refractivity contribution is 5.28. The number of nitrogens with zero attached hydrogens (tertiary/aromatic N) is 1. The lowest BCUT2D eigenvalue weighted by Crippen LogP contribution is -2.36. The summed E-state index contributed by atoms with van der Waals surface area (Å²) in [6, 6.07) is 5.60. The van der Waals surface area contributed by atoms with Crippen LogP contribution in [0.15, 0.2) is 18.2 Å². The van der Waals surface area contributed by atoms with Crippen LogP contribution in [0, 0.1) is 18.7 Å². The first-order valence-corrected chi connectivity index (χ1v) is 7.87. The molecule has 20 heavy (non-hydrogen) atoms. The predicted molar refractivity (Wildman–Crippen MR) is 82.1 cm³/mol. The molecule has 1 fully saturated rings. The van der Waals surface area contributed by atoms with Crippen LogP contribution in [-0.2, 0) is 0 Å². The standard InChI is InChI=1S/C17H27FN2/c1-3-9-20-10-5-4-6-14(12-19)17(20)15-11-13(2)7-8-16(15)18/h7-8,11,14,17H,3-6,9-10,12,19H2,1-2H3. The summed E-state index contributed by atoms with van der Waals surface area (Å²) in [6.45, 7) is 6.93. The van der Waals surface area contributed by atoms with Crippen LogP contribution in [0.5, 0.6) is 0 Å². The van der Waals surface area contributed by atoms with Crippen LogP contribution in [0.3, 0.4) is 0 Å². The molecule has 1 aliphatic rings. The van der Waals surface area contributed by atoms with Crippen LogP contribution in [0.1, 0.15) is 49.8 Å². The lowest BCUT2D eigenvalue weighted by atomic mass is 9.88. The van der Waals surface area contributed by atoms with Gasteiger partial charge >= 0.3 is 0 Å². The van der Waals surface area contributed by atoms with Gasteiger partial charge in [-0.15, -0.1) is 0 Å². The average Bonchev–Trinajstić information content (AvgIpc) is 2.64. The normalized spacial score (nSPS) is 24.6. The number of hydrogen-bond donors (Lipinski definition) is 1. The molecule has 0 spiro atoms. The molecule has 1 aromatic rings. The third-order valence-electron chi connectivity index (χ3n) is 4.39. The Morgan fingerprint density at radius 1 is 1.35 bits per heavy atom. The molecule has 2 nitrogen and oxygen atoms in total. The molecule has 2 N–H and O–H groups in total. The molecule has 0 radical (unpaired) electrons. The zero-order valence-electron chi connectivity index (χ0n) is 12.7. The summed E-state index contributed by atoms with van der Waals surface area (Å²) in [4.78, 5) is 2.45. The van der Waals surface area contributed by atoms with Crippen LogP contribution in [-0.4, -0.2) is 24.5 Å². The Bertz CT molecular complexity index is 433. The van der Waals surface area contributed by atoms with Crippen LogP contribution in [0.25, 0.3) is 0 Å². The van der Waals surface area contributed by atoms with Gasteiger partial charge in [0, 0.05) is 11.6 Å². The van der Waals surface area contributed by atoms with Gasteiger partial charge in [0.15, 0.2) is 0 Å². The lowest BCUT2D eigenvalue weighted by Gasteiger charge is -2.35. The first-order chi connectivity index (χ1) is 9.67. The van der Waals surface area contributed by atoms with Crippen molar-refractivity contribution in [1.29, 1.82) is 0 Å². The molecule has 2 rings (SSSR count). The molecule has 1 saturated heterocycles. The molecule has 1 aromatic carbocycles. The summed E-state index contributed by atoms with van der Waals surface area (Å²) in [5.74, 6) is 0.280. The van der Waals surface area contributed by atoms with Gasteiger partial charge in [0.1, 0.15) is 5.82 Å². The number of aryl methyl sites for hydroxylation is 1. The summed E-state index contributed by atoms with van der Waals surface area (Å²) < 4.78 is 14.3. The topological polar surface area (TPSA) is 29.3 Å². The monoisotopic (exact) mass is 278 g/mol. The van der Waals surface area contributed by atoms with E-state index in [1.807, 2.05) is 19.1 Å². The Morgan fingerprint density at radius 2 is 2.15 bits per heavy atom. The highest BCUT2D eigenvalue weighted by Crippen LogP contribution is 2.36. The summed E-state index contributed by atoms with van der Waals surface area (Å²) in [6.07, 6.45) is 4.60. The maximum Gasteiger partial charge on any atom is 0.128 e. The molecule has 0 aliphatic carbocycles. The molecule has 0 amide bonds. The van der Waals surface area contributed by atoms with Crippen LogP contribution in [0.2, 0.25) is 0 Å². The van der Waals surface area contributed by atoms with Gasteiger partial charge in [-0.1, -0.05) is 31.0 Å². The second kappa shape index (κ2) is 7.19. The smallest absolute Gasteiger partial charge is 0.128 e. The summed E-state index contributed by atoms with van der Waals surface area (Å²) in [5, 5.41) is 0. The lowest BCUT2D eigenvalue weighted by molar-refractivity contribution is 0.154. The molecule has 2 atom stereocenters. The highest BCUT2D eigenvalue weighted by atomic mass is 19.1. The van der Waals surface area contributed by atoms with Gasteiger partial charge in [-0.3, -0.25) is 4.90 Å². The number of hydrogen-bond acceptors (Lipinski definition) is 2. The van der Waals surface area contributed by atoms with Crippen molar-refractivity contribution >= 4 is 0 Å². The van der Waals surface area contributed by atoms with E-state index in [-0.39, 0.29) is 11.9 Å². The Hall–Kier alpha value is -0.930. The predicted octanol–water partition coefficient (Wildman–Crippen LogP) is 3.65. The van der Waals surface area contributed by atoms with E-state index in [9.17, 15) is 4.39 Å². The number of nitrogens with two attached hydrogens (primary N) is 1. The summed E-state index contributed by atoms with van der Waals surface area (Å²) in [7, 11) is 0. The van der Waals surface area contributed by atoms with E-state index in [1.54, 1.807) is 6.07 Å². The largest absolute Gasteiger partial charge is 0.330 e. The van der Waals surface area contributed by atoms with Crippen molar-refractivity contribution in [1.82, 2.24) is 4.90 Å². The van der Waals surface area contributed by atoms with Gasteiger partial charge in [0.25, 0.3) is 0 Å². The van der Waals surface area contributed by atoms with Gasteiger partial charge in [-0.05, 0) is 57.8 Å². The number of rotatable bonds is 4. The van der Waals surface area contributed by atoms with E-state index >= 15 is 0 Å². The van der Waals surface area contributed by atoms with Gasteiger partial charge in [-0.25, -0.2) is 4.39 Å². The van der Waals surface area contributed by atoms with Crippen molar-refractivity contribution in [3.8, 4) is 0 Å². The fourth-order valence-electron chi connectivity index (χ4n) is 3.44. The zero-order valence-corrected chi connectivity index (χ0v) is 12.7. The molecule has 2 unspecified atom stereocenters. The molecular formula is C17H27FN2. The minimum Gasteiger partial charge on any atom is -0.330 e. The molecule has 0 saturated carbocycles. The van der Waals surface area contributed by atoms with Crippen molar-refractivity contribution in [2.75, 3.05) is 19.6 Å². The third kappa shape index (κ3) is 3.39. The van der Waals surface area contributed by atoms with Gasteiger partial charge in [-0.2, -0.15) is 0 Å². The SMILES string of the molecule is CCCN1CCCCC(CN)C1c1cc(C)ccc1F. The highest BCUT2D eigenvalue weighted by Gasteiger charge is 2.31. The fourth-order valence-corrected chi connectivity index (χ4v) is 3.44. The van der Waals surface area contributed by atoms with Crippen LogP contribution in [0.4, 0.5) is 4.39 Å². The first kappa shape index (κ1) is 15.5. The molecule has 112 valence electrons. The number of likely N-dealkylation sites (tertiary alicyclic amines) is 1. The fraction of sp³-hybridized carbons (Fsp3) is 0.647. The van der Waals surface area contributed by atoms with E-state index in [4.69, 9.17) is 5.73 Å². The van der Waals surface area contributed by atoms with Crippen molar-refractivity contribution in [2.45, 2.75) is 45.6 Å². The van der Waals surface area contributed by atoms with Gasteiger partial charge in [0.2, 0.25) is 0 Å². The Labute approximate surface area is 122 Å². The van der Waals surface area contributed by atoms with Crippen molar-refractivity contribution in [3.05, 3.63) is 35.1 Å². The second-order valence-corrected chi connectivity index (χ2v) is 6.00. The van der Waals surface area contributed by atoms with Crippen molar-refractivity contribution in [2.24, 2.45) is 11.7 Å². The van der Waals surface area contributed by atoms with Crippen molar-refractivity contribution < 1.29 is 4.39 Å². The number of halogens is 1. The molecule has 3 heteroatoms. The van der Waals surface area contributed by atoms with Gasteiger partial charge in [0.05, 0.1) is 0 Å². The van der Waals surface area contributed by atoms with E-state index in [0.717, 1.165) is 37.1 Å². The molecule has 0 bridgehead atoms. The van der Waals surface area contributed by atoms with Crippen molar-refractivity contribution in [3.63, 3.8) is 0 Å². The first-order valence-electron chi connectivity index (χ1n) is 7.87. The van der Waals surface area contributed by atoms with Crippen LogP contribution < -0.4 is 5.73 Å². The summed E-state index contributed by atoms with van der Waals surface area (Å²) >= 11 is 0. The Balaban J connectivity index is 2.40. The maximum absolute atomic E-state index is 14.3. The van der Waals surface area contributed by atoms with E-state index in [0.29, 0.717) is 12.5 Å². The minimum atomic E-state index is -0.0814. The maximum atomic E-state index is 14.3. The van der Waals surface area contributed by atoms with E-state index in [1.165, 1.54) is 12.8 Å². The molecule has 1 aliphatic heterocycles. The second-order valence-electron chi connectivity index (χ2n) is 6.00.